The fourth-order valence-corrected chi connectivity index (χ4v) is 3.92. The minimum absolute atomic E-state index is 0.0274. The van der Waals surface area contributed by atoms with Crippen LogP contribution in [0.5, 0.6) is 17.2 Å². The van der Waals surface area contributed by atoms with Crippen molar-refractivity contribution in [3.63, 3.8) is 0 Å². The van der Waals surface area contributed by atoms with Crippen molar-refractivity contribution in [2.24, 2.45) is 0 Å². The van der Waals surface area contributed by atoms with Crippen LogP contribution in [0, 0.1) is 0 Å². The maximum atomic E-state index is 11.6. The van der Waals surface area contributed by atoms with Gasteiger partial charge in [0.2, 0.25) is 5.75 Å². The highest BCUT2D eigenvalue weighted by Gasteiger charge is 2.26. The van der Waals surface area contributed by atoms with Crippen LogP contribution >= 0.6 is 15.9 Å². The molecular weight excluding hydrogens is 472 g/mol. The van der Waals surface area contributed by atoms with Gasteiger partial charge < -0.3 is 29.6 Å². The molecule has 2 aromatic rings. The molecule has 0 amide bonds. The third-order valence-electron chi connectivity index (χ3n) is 4.04. The Morgan fingerprint density at radius 2 is 1.83 bits per heavy atom. The number of hydrogen-bond acceptors (Lipinski definition) is 7. The van der Waals surface area contributed by atoms with Gasteiger partial charge in [-0.1, -0.05) is 0 Å². The molecule has 0 radical (unpaired) electrons. The summed E-state index contributed by atoms with van der Waals surface area (Å²) in [5.41, 5.74) is 1.42. The topological polar surface area (TPSA) is 147 Å². The largest absolute Gasteiger partial charge is 0.493 e. The number of aromatic nitrogens is 1. The van der Waals surface area contributed by atoms with Crippen LogP contribution in [-0.4, -0.2) is 62.7 Å². The molecule has 2 rings (SSSR count). The Morgan fingerprint density at radius 1 is 1.17 bits per heavy atom. The van der Waals surface area contributed by atoms with Gasteiger partial charge in [-0.25, -0.2) is 4.79 Å². The zero-order valence-corrected chi connectivity index (χ0v) is 18.3. The minimum atomic E-state index is -4.11. The Morgan fingerprint density at radius 3 is 2.34 bits per heavy atom. The lowest BCUT2D eigenvalue weighted by Crippen LogP contribution is -2.22. The molecular formula is C17H21BrN2O8S. The number of rotatable bonds is 10. The smallest absolute Gasteiger partial charge is 0.353 e. The molecule has 0 aliphatic carbocycles. The highest BCUT2D eigenvalue weighted by atomic mass is 79.9. The van der Waals surface area contributed by atoms with Crippen LogP contribution in [0.25, 0.3) is 11.1 Å². The van der Waals surface area contributed by atoms with Gasteiger partial charge in [0.25, 0.3) is 10.1 Å². The Kier molecular flexibility index (Phi) is 7.52. The van der Waals surface area contributed by atoms with E-state index >= 15 is 0 Å². The number of benzene rings is 1. The summed E-state index contributed by atoms with van der Waals surface area (Å²) < 4.78 is 47.0. The number of halogens is 1. The van der Waals surface area contributed by atoms with Gasteiger partial charge in [-0.3, -0.25) is 4.55 Å². The number of ether oxygens (including phenoxy) is 3. The van der Waals surface area contributed by atoms with E-state index in [0.29, 0.717) is 38.5 Å². The van der Waals surface area contributed by atoms with Crippen molar-refractivity contribution >= 4 is 32.0 Å². The summed E-state index contributed by atoms with van der Waals surface area (Å²) in [7, 11) is 0.274. The lowest BCUT2D eigenvalue weighted by atomic mass is 10.0. The molecule has 160 valence electrons. The van der Waals surface area contributed by atoms with Crippen LogP contribution in [0.3, 0.4) is 0 Å². The van der Waals surface area contributed by atoms with Crippen molar-refractivity contribution < 1.29 is 37.1 Å². The number of aromatic carboxylic acids is 1. The van der Waals surface area contributed by atoms with E-state index in [1.54, 1.807) is 12.1 Å². The summed E-state index contributed by atoms with van der Waals surface area (Å²) >= 11 is 3.32. The molecule has 29 heavy (non-hydrogen) atoms. The van der Waals surface area contributed by atoms with E-state index in [1.165, 1.54) is 21.3 Å². The van der Waals surface area contributed by atoms with Crippen molar-refractivity contribution in [2.45, 2.75) is 6.54 Å². The molecule has 1 heterocycles. The fourth-order valence-electron chi connectivity index (χ4n) is 2.80. The van der Waals surface area contributed by atoms with Crippen molar-refractivity contribution in [3.8, 4) is 28.4 Å². The predicted octanol–water partition coefficient (Wildman–Crippen LogP) is 2.15. The molecule has 1 aromatic heterocycles. The summed E-state index contributed by atoms with van der Waals surface area (Å²) in [6.07, 6.45) is 0. The van der Waals surface area contributed by atoms with Gasteiger partial charge in [0, 0.05) is 29.9 Å². The van der Waals surface area contributed by atoms with Gasteiger partial charge in [0.1, 0.15) is 5.69 Å². The second-order valence-corrected chi connectivity index (χ2v) is 8.18. The van der Waals surface area contributed by atoms with E-state index in [-0.39, 0.29) is 18.8 Å². The Hall–Kier alpha value is -2.28. The van der Waals surface area contributed by atoms with Crippen molar-refractivity contribution in [1.82, 2.24) is 10.3 Å². The number of nitrogens with one attached hydrogen (secondary N) is 2. The second-order valence-electron chi connectivity index (χ2n) is 5.82. The first-order valence-electron chi connectivity index (χ1n) is 8.23. The number of aromatic amines is 1. The van der Waals surface area contributed by atoms with Gasteiger partial charge in [-0.05, 0) is 28.1 Å². The average Bonchev–Trinajstić information content (AvgIpc) is 2.99. The van der Waals surface area contributed by atoms with Crippen LogP contribution in [0.1, 0.15) is 16.2 Å². The van der Waals surface area contributed by atoms with E-state index in [9.17, 15) is 18.3 Å². The highest BCUT2D eigenvalue weighted by Crippen LogP contribution is 2.47. The van der Waals surface area contributed by atoms with Crippen molar-refractivity contribution in [2.75, 3.05) is 33.6 Å². The average molecular weight is 493 g/mol. The molecule has 10 nitrogen and oxygen atoms in total. The molecule has 0 bridgehead atoms. The zero-order valence-electron chi connectivity index (χ0n) is 15.9. The Bertz CT molecular complexity index is 1000. The molecule has 0 unspecified atom stereocenters. The monoisotopic (exact) mass is 492 g/mol. The summed E-state index contributed by atoms with van der Waals surface area (Å²) in [6, 6.07) is 3.35. The van der Waals surface area contributed by atoms with Gasteiger partial charge in [0.05, 0.1) is 31.6 Å². The maximum Gasteiger partial charge on any atom is 0.353 e. The summed E-state index contributed by atoms with van der Waals surface area (Å²) in [5.74, 6) is -0.548. The van der Waals surface area contributed by atoms with E-state index in [1.807, 2.05) is 0 Å². The van der Waals surface area contributed by atoms with E-state index < -0.39 is 21.8 Å². The van der Waals surface area contributed by atoms with Crippen LogP contribution < -0.4 is 19.5 Å². The molecule has 0 spiro atoms. The normalized spacial score (nSPS) is 11.3. The van der Waals surface area contributed by atoms with E-state index in [4.69, 9.17) is 18.8 Å². The maximum absolute atomic E-state index is 11.6. The minimum Gasteiger partial charge on any atom is -0.493 e. The molecule has 0 atom stereocenters. The lowest BCUT2D eigenvalue weighted by Gasteiger charge is -2.16. The first-order valence-corrected chi connectivity index (χ1v) is 10.6. The SMILES string of the molecule is COc1ccc(-c2c(CNCCS(=O)(=O)O)[nH]c(C(=O)O)c2Br)c(OC)c1OC. The van der Waals surface area contributed by atoms with Crippen LogP contribution in [0.4, 0.5) is 0 Å². The van der Waals surface area contributed by atoms with Crippen LogP contribution in [-0.2, 0) is 16.7 Å². The molecule has 0 aliphatic rings. The van der Waals surface area contributed by atoms with Gasteiger partial charge in [-0.15, -0.1) is 0 Å². The molecule has 0 aliphatic heterocycles. The molecule has 0 saturated heterocycles. The van der Waals surface area contributed by atoms with Gasteiger partial charge >= 0.3 is 5.97 Å². The number of hydrogen-bond donors (Lipinski definition) is 4. The second kappa shape index (κ2) is 9.48. The summed E-state index contributed by atoms with van der Waals surface area (Å²) in [5, 5.41) is 12.3. The predicted molar refractivity (Wildman–Crippen MR) is 109 cm³/mol. The number of H-pyrrole nitrogens is 1. The van der Waals surface area contributed by atoms with Crippen molar-refractivity contribution in [1.29, 1.82) is 0 Å². The first-order chi connectivity index (χ1) is 13.6. The molecule has 1 aromatic carbocycles. The number of methoxy groups -OCH3 is 3. The van der Waals surface area contributed by atoms with E-state index in [2.05, 4.69) is 26.2 Å². The Labute approximate surface area is 176 Å². The third-order valence-corrected chi connectivity index (χ3v) is 5.56. The summed E-state index contributed by atoms with van der Waals surface area (Å²) in [6.45, 7) is 0.0780. The van der Waals surface area contributed by atoms with Crippen LogP contribution in [0.15, 0.2) is 16.6 Å². The number of carboxylic acids is 1. The standard InChI is InChI=1S/C17H21BrN2O8S/c1-26-11-5-4-9(15(27-2)16(11)28-3)12-10(8-19-6-7-29(23,24)25)20-14(13(12)18)17(21)22/h4-5,19-20H,6-8H2,1-3H3,(H,21,22)(H,23,24,25). The number of carbonyl (C=O) groups is 1. The molecule has 12 heteroatoms. The fraction of sp³-hybridized carbons (Fsp3) is 0.353. The number of carboxylic acid groups (broad SMARTS) is 1. The van der Waals surface area contributed by atoms with E-state index in [0.717, 1.165) is 0 Å². The van der Waals surface area contributed by atoms with Gasteiger partial charge in [-0.2, -0.15) is 8.42 Å². The van der Waals surface area contributed by atoms with Crippen LogP contribution in [0.2, 0.25) is 0 Å². The third kappa shape index (κ3) is 5.21. The molecule has 4 N–H and O–H groups in total. The van der Waals surface area contributed by atoms with Crippen molar-refractivity contribution in [3.05, 3.63) is 28.0 Å². The highest BCUT2D eigenvalue weighted by molar-refractivity contribution is 9.10. The van der Waals surface area contributed by atoms with Gasteiger partial charge in [0.15, 0.2) is 11.5 Å². The Balaban J connectivity index is 2.55. The molecule has 0 saturated carbocycles. The summed E-state index contributed by atoms with van der Waals surface area (Å²) in [4.78, 5) is 14.4. The first kappa shape index (κ1) is 23.0. The quantitative estimate of drug-likeness (QED) is 0.289. The zero-order chi connectivity index (χ0) is 21.8. The lowest BCUT2D eigenvalue weighted by molar-refractivity contribution is 0.0690. The molecule has 0 fully saturated rings.